The number of nitrogens with one attached hydrogen (secondary N) is 1. The molecule has 212 valence electrons. The largest absolute Gasteiger partial charge is 0.496 e. The van der Waals surface area contributed by atoms with Gasteiger partial charge in [-0.1, -0.05) is 57.0 Å². The number of fused-ring (bicyclic) bond motifs is 1. The second-order valence-electron chi connectivity index (χ2n) is 9.41. The minimum absolute atomic E-state index is 0.0246. The molecular formula is C25H33F3NO7PS. The average Bonchev–Trinajstić information content (AvgIpc) is 2.94. The van der Waals surface area contributed by atoms with Crippen molar-refractivity contribution in [3.63, 3.8) is 0 Å². The summed E-state index contributed by atoms with van der Waals surface area (Å²) < 4.78 is 82.6. The lowest BCUT2D eigenvalue weighted by Gasteiger charge is -2.42. The summed E-state index contributed by atoms with van der Waals surface area (Å²) in [5.41, 5.74) is 0.540. The summed E-state index contributed by atoms with van der Waals surface area (Å²) in [6.45, 7) is 4.00. The quantitative estimate of drug-likeness (QED) is 0.244. The Hall–Kier alpha value is -2.08. The Morgan fingerprint density at radius 3 is 2.42 bits per heavy atom. The monoisotopic (exact) mass is 579 g/mol. The molecule has 0 amide bonds. The summed E-state index contributed by atoms with van der Waals surface area (Å²) in [4.78, 5) is 21.4. The number of carbonyl (C=O) groups is 1. The van der Waals surface area contributed by atoms with Gasteiger partial charge in [0.15, 0.2) is 0 Å². The normalized spacial score (nSPS) is 23.4. The fourth-order valence-corrected chi connectivity index (χ4v) is 8.05. The maximum atomic E-state index is 12.6. The maximum Gasteiger partial charge on any atom is 0.491 e. The first-order valence-electron chi connectivity index (χ1n) is 12.1. The summed E-state index contributed by atoms with van der Waals surface area (Å²) in [5, 5.41) is 3.65. The van der Waals surface area contributed by atoms with Crippen LogP contribution in [0.5, 0.6) is 5.75 Å². The fourth-order valence-electron chi connectivity index (χ4n) is 4.71. The van der Waals surface area contributed by atoms with Crippen molar-refractivity contribution in [3.8, 4) is 5.75 Å². The van der Waals surface area contributed by atoms with E-state index in [1.165, 1.54) is 19.2 Å². The second kappa shape index (κ2) is 11.6. The number of benzene rings is 2. The molecule has 0 saturated heterocycles. The van der Waals surface area contributed by atoms with Crippen LogP contribution in [0.4, 0.5) is 13.2 Å². The summed E-state index contributed by atoms with van der Waals surface area (Å²) in [7, 11) is -7.36. The Morgan fingerprint density at radius 2 is 1.87 bits per heavy atom. The van der Waals surface area contributed by atoms with Crippen molar-refractivity contribution < 1.29 is 45.8 Å². The molecule has 0 aromatic heterocycles. The van der Waals surface area contributed by atoms with Crippen LogP contribution in [0.15, 0.2) is 47.4 Å². The molecule has 38 heavy (non-hydrogen) atoms. The second-order valence-corrected chi connectivity index (χ2v) is 13.2. The van der Waals surface area contributed by atoms with Crippen LogP contribution in [-0.2, 0) is 20.0 Å². The van der Waals surface area contributed by atoms with E-state index >= 15 is 0 Å². The molecular weight excluding hydrogens is 546 g/mol. The molecule has 3 rings (SSSR count). The zero-order valence-corrected chi connectivity index (χ0v) is 23.0. The molecule has 8 nitrogen and oxygen atoms in total. The number of methoxy groups -OCH3 is 1. The van der Waals surface area contributed by atoms with Gasteiger partial charge in [0.1, 0.15) is 5.75 Å². The summed E-state index contributed by atoms with van der Waals surface area (Å²) in [6.07, 6.45) is -3.49. The molecule has 13 heteroatoms. The van der Waals surface area contributed by atoms with Crippen LogP contribution in [0.1, 0.15) is 62.3 Å². The van der Waals surface area contributed by atoms with E-state index in [4.69, 9.17) is 4.74 Å². The van der Waals surface area contributed by atoms with Crippen LogP contribution in [0.2, 0.25) is 0 Å². The number of alkyl halides is 3. The number of carbonyl (C=O) groups excluding carboxylic acids is 1. The third kappa shape index (κ3) is 6.91. The molecule has 0 aliphatic carbocycles. The number of rotatable bonds is 9. The van der Waals surface area contributed by atoms with Crippen molar-refractivity contribution >= 4 is 24.2 Å². The van der Waals surface area contributed by atoms with Crippen LogP contribution in [0.3, 0.4) is 0 Å². The van der Waals surface area contributed by atoms with E-state index in [0.717, 1.165) is 18.4 Å². The van der Waals surface area contributed by atoms with Gasteiger partial charge in [-0.25, -0.2) is 9.36 Å². The predicted molar refractivity (Wildman–Crippen MR) is 139 cm³/mol. The SMILES string of the molecule is CCCC[C@]1(CC)CS(O)(O)c2cc(CP(=O)(O)OC(=O)C(F)(F)F)c(OC)cc2[C@H](c2ccccc2)N1. The number of hydrogen-bond acceptors (Lipinski definition) is 7. The molecule has 2 aromatic rings. The molecule has 2 aromatic carbocycles. The lowest BCUT2D eigenvalue weighted by molar-refractivity contribution is -0.190. The number of hydrogen-bond donors (Lipinski definition) is 4. The van der Waals surface area contributed by atoms with Crippen molar-refractivity contribution in [1.29, 1.82) is 0 Å². The minimum atomic E-state index is -5.46. The van der Waals surface area contributed by atoms with E-state index in [9.17, 15) is 36.5 Å². The van der Waals surface area contributed by atoms with Crippen molar-refractivity contribution in [2.24, 2.45) is 0 Å². The lowest BCUT2D eigenvalue weighted by Crippen LogP contribution is -2.49. The Bertz CT molecular complexity index is 1200. The van der Waals surface area contributed by atoms with Crippen molar-refractivity contribution in [1.82, 2.24) is 5.32 Å². The van der Waals surface area contributed by atoms with Gasteiger partial charge in [0, 0.05) is 16.7 Å². The van der Waals surface area contributed by atoms with Gasteiger partial charge in [0.05, 0.1) is 30.0 Å². The molecule has 1 unspecified atom stereocenters. The van der Waals surface area contributed by atoms with E-state index in [0.29, 0.717) is 18.4 Å². The fraction of sp³-hybridized carbons (Fsp3) is 0.480. The average molecular weight is 580 g/mol. The van der Waals surface area contributed by atoms with Crippen LogP contribution in [-0.4, -0.2) is 44.5 Å². The van der Waals surface area contributed by atoms with Crippen LogP contribution < -0.4 is 10.1 Å². The number of unbranched alkanes of at least 4 members (excludes halogenated alkanes) is 1. The molecule has 1 aliphatic heterocycles. The first-order valence-corrected chi connectivity index (χ1v) is 15.6. The van der Waals surface area contributed by atoms with Gasteiger partial charge in [0.2, 0.25) is 0 Å². The van der Waals surface area contributed by atoms with Crippen LogP contribution >= 0.6 is 18.2 Å². The topological polar surface area (TPSA) is 125 Å². The Balaban J connectivity index is 2.17. The van der Waals surface area contributed by atoms with Gasteiger partial charge >= 0.3 is 19.7 Å². The molecule has 0 radical (unpaired) electrons. The summed E-state index contributed by atoms with van der Waals surface area (Å²) in [6, 6.07) is 11.6. The first-order chi connectivity index (χ1) is 17.7. The third-order valence-electron chi connectivity index (χ3n) is 6.65. The molecule has 0 saturated carbocycles. The molecule has 0 fully saturated rings. The summed E-state index contributed by atoms with van der Waals surface area (Å²) in [5.74, 6) is -2.80. The lowest BCUT2D eigenvalue weighted by atomic mass is 9.88. The van der Waals surface area contributed by atoms with Gasteiger partial charge in [-0.2, -0.15) is 23.8 Å². The van der Waals surface area contributed by atoms with E-state index in [2.05, 4.69) is 9.84 Å². The molecule has 3 atom stereocenters. The van der Waals surface area contributed by atoms with E-state index in [-0.39, 0.29) is 22.0 Å². The first kappa shape index (κ1) is 30.5. The Labute approximate surface area is 221 Å². The molecule has 0 spiro atoms. The van der Waals surface area contributed by atoms with E-state index in [1.807, 2.05) is 44.2 Å². The van der Waals surface area contributed by atoms with Gasteiger partial charge in [-0.3, -0.25) is 14.4 Å². The minimum Gasteiger partial charge on any atom is -0.496 e. The Kier molecular flexibility index (Phi) is 9.28. The van der Waals surface area contributed by atoms with E-state index < -0.39 is 48.1 Å². The third-order valence-corrected chi connectivity index (χ3v) is 9.85. The number of halogens is 3. The van der Waals surface area contributed by atoms with E-state index in [1.54, 1.807) is 0 Å². The summed E-state index contributed by atoms with van der Waals surface area (Å²) >= 11 is 0. The molecule has 1 heterocycles. The van der Waals surface area contributed by atoms with Gasteiger partial charge in [-0.05, 0) is 30.5 Å². The highest BCUT2D eigenvalue weighted by Gasteiger charge is 2.46. The van der Waals surface area contributed by atoms with Crippen molar-refractivity contribution in [2.45, 2.75) is 68.3 Å². The zero-order chi connectivity index (χ0) is 28.4. The predicted octanol–water partition coefficient (Wildman–Crippen LogP) is 6.63. The van der Waals surface area contributed by atoms with Crippen LogP contribution in [0, 0.1) is 0 Å². The zero-order valence-electron chi connectivity index (χ0n) is 21.3. The van der Waals surface area contributed by atoms with Gasteiger partial charge < -0.3 is 14.2 Å². The van der Waals surface area contributed by atoms with Gasteiger partial charge in [0.25, 0.3) is 0 Å². The molecule has 1 aliphatic rings. The van der Waals surface area contributed by atoms with Crippen molar-refractivity contribution in [2.75, 3.05) is 12.9 Å². The van der Waals surface area contributed by atoms with Crippen LogP contribution in [0.25, 0.3) is 0 Å². The highest BCUT2D eigenvalue weighted by Crippen LogP contribution is 2.59. The molecule has 4 N–H and O–H groups in total. The smallest absolute Gasteiger partial charge is 0.491 e. The number of ether oxygens (including phenoxy) is 1. The standard InChI is InChI=1S/C25H33F3NO7PS/c1-4-6-12-24(5-2)16-38(33,34)21-13-18(15-37(31,32)36-23(30)25(26,27)28)20(35-3)14-19(21)22(29-24)17-10-8-7-9-11-17/h7-11,13-14,22,29,33-34H,4-6,12,15-16H2,1-3H3,(H,31,32)/t22-,24+/m0/s1. The maximum absolute atomic E-state index is 12.6. The molecule has 0 bridgehead atoms. The Morgan fingerprint density at radius 1 is 1.21 bits per heavy atom. The van der Waals surface area contributed by atoms with Gasteiger partial charge in [-0.15, -0.1) is 0 Å². The van der Waals surface area contributed by atoms with Crippen molar-refractivity contribution in [3.05, 3.63) is 59.2 Å². The highest BCUT2D eigenvalue weighted by atomic mass is 32.3. The highest BCUT2D eigenvalue weighted by molar-refractivity contribution is 8.24.